The van der Waals surface area contributed by atoms with Crippen molar-refractivity contribution in [3.05, 3.63) is 10.4 Å². The highest BCUT2D eigenvalue weighted by atomic mass is 15.1. The molecule has 5 heteroatoms. The van der Waals surface area contributed by atoms with E-state index in [1.807, 2.05) is 6.92 Å². The minimum atomic E-state index is -0.457. The minimum absolute atomic E-state index is 0.403. The summed E-state index contributed by atoms with van der Waals surface area (Å²) < 4.78 is 0. The lowest BCUT2D eigenvalue weighted by Gasteiger charge is -2.29. The Morgan fingerprint density at radius 1 is 1.60 bits per heavy atom. The Morgan fingerprint density at radius 2 is 2.27 bits per heavy atom. The van der Waals surface area contributed by atoms with Crippen molar-refractivity contribution in [3.63, 3.8) is 0 Å². The predicted molar refractivity (Wildman–Crippen MR) is 58.0 cm³/mol. The van der Waals surface area contributed by atoms with Crippen LogP contribution in [0.3, 0.4) is 0 Å². The average molecular weight is 207 g/mol. The maximum atomic E-state index is 9.19. The third-order valence-electron chi connectivity index (χ3n) is 3.17. The molecule has 0 aliphatic heterocycles. The van der Waals surface area contributed by atoms with E-state index in [1.54, 1.807) is 0 Å². The second-order valence-corrected chi connectivity index (χ2v) is 4.18. The molecule has 0 aromatic rings. The second-order valence-electron chi connectivity index (χ2n) is 4.18. The number of nitriles is 1. The molecule has 1 saturated carbocycles. The van der Waals surface area contributed by atoms with Crippen LogP contribution in [0.2, 0.25) is 0 Å². The molecule has 1 atom stereocenters. The van der Waals surface area contributed by atoms with Crippen molar-refractivity contribution < 1.29 is 0 Å². The summed E-state index contributed by atoms with van der Waals surface area (Å²) in [5.74, 6) is 0.438. The van der Waals surface area contributed by atoms with E-state index in [0.717, 1.165) is 12.8 Å². The molecule has 0 aromatic carbocycles. The van der Waals surface area contributed by atoms with Gasteiger partial charge >= 0.3 is 0 Å². The fourth-order valence-corrected chi connectivity index (χ4v) is 2.19. The van der Waals surface area contributed by atoms with E-state index in [1.165, 1.54) is 12.8 Å². The molecule has 0 amide bonds. The van der Waals surface area contributed by atoms with Crippen LogP contribution < -0.4 is 5.32 Å². The third-order valence-corrected chi connectivity index (χ3v) is 3.17. The number of rotatable bonds is 5. The standard InChI is InChI=1S/C10H17N5/c1-10(8-11,9-4-2-3-5-9)13-6-7-14-15-12/h9,13H,2-7H2,1H3. The SMILES string of the molecule is CC(C#N)(NCCN=[N+]=[N-])C1CCCC1. The molecule has 0 aromatic heterocycles. The Bertz CT molecular complexity index is 283. The van der Waals surface area contributed by atoms with Crippen LogP contribution in [0, 0.1) is 17.2 Å². The minimum Gasteiger partial charge on any atom is -0.299 e. The van der Waals surface area contributed by atoms with Crippen LogP contribution >= 0.6 is 0 Å². The largest absolute Gasteiger partial charge is 0.299 e. The number of nitrogens with zero attached hydrogens (tertiary/aromatic N) is 4. The van der Waals surface area contributed by atoms with E-state index < -0.39 is 5.54 Å². The fourth-order valence-electron chi connectivity index (χ4n) is 2.19. The highest BCUT2D eigenvalue weighted by Gasteiger charge is 2.35. The summed E-state index contributed by atoms with van der Waals surface area (Å²) in [7, 11) is 0. The van der Waals surface area contributed by atoms with Crippen LogP contribution in [0.5, 0.6) is 0 Å². The van der Waals surface area contributed by atoms with Gasteiger partial charge in [-0.2, -0.15) is 5.26 Å². The fraction of sp³-hybridized carbons (Fsp3) is 0.900. The summed E-state index contributed by atoms with van der Waals surface area (Å²) in [5, 5.41) is 15.8. The number of hydrogen-bond donors (Lipinski definition) is 1. The van der Waals surface area contributed by atoms with Gasteiger partial charge in [-0.3, -0.25) is 5.32 Å². The van der Waals surface area contributed by atoms with Gasteiger partial charge in [0.2, 0.25) is 0 Å². The number of azide groups is 1. The van der Waals surface area contributed by atoms with E-state index in [4.69, 9.17) is 5.53 Å². The number of hydrogen-bond acceptors (Lipinski definition) is 3. The summed E-state index contributed by atoms with van der Waals surface area (Å²) in [4.78, 5) is 2.68. The van der Waals surface area contributed by atoms with Crippen molar-refractivity contribution in [1.82, 2.24) is 5.32 Å². The van der Waals surface area contributed by atoms with Crippen LogP contribution in [0.1, 0.15) is 32.6 Å². The van der Waals surface area contributed by atoms with Crippen molar-refractivity contribution in [3.8, 4) is 6.07 Å². The molecule has 1 N–H and O–H groups in total. The summed E-state index contributed by atoms with van der Waals surface area (Å²) >= 11 is 0. The Labute approximate surface area is 90.1 Å². The molecule has 82 valence electrons. The first-order chi connectivity index (χ1) is 7.23. The molecule has 0 spiro atoms. The van der Waals surface area contributed by atoms with Gasteiger partial charge in [0, 0.05) is 18.0 Å². The third kappa shape index (κ3) is 3.12. The van der Waals surface area contributed by atoms with Gasteiger partial charge in [-0.15, -0.1) is 0 Å². The zero-order chi connectivity index (χ0) is 11.1. The average Bonchev–Trinajstić information content (AvgIpc) is 2.78. The molecule has 1 aliphatic rings. The lowest BCUT2D eigenvalue weighted by atomic mass is 9.85. The Balaban J connectivity index is 2.45. The van der Waals surface area contributed by atoms with E-state index in [9.17, 15) is 5.26 Å². The molecule has 0 radical (unpaired) electrons. The van der Waals surface area contributed by atoms with Gasteiger partial charge in [0.25, 0.3) is 0 Å². The molecule has 1 aliphatic carbocycles. The zero-order valence-corrected chi connectivity index (χ0v) is 9.11. The van der Waals surface area contributed by atoms with Gasteiger partial charge in [-0.05, 0) is 31.2 Å². The van der Waals surface area contributed by atoms with Gasteiger partial charge in [-0.25, -0.2) is 0 Å². The molecule has 1 fully saturated rings. The maximum Gasteiger partial charge on any atom is 0.106 e. The first-order valence-corrected chi connectivity index (χ1v) is 5.40. The van der Waals surface area contributed by atoms with Crippen LogP contribution in [0.15, 0.2) is 5.11 Å². The summed E-state index contributed by atoms with van der Waals surface area (Å²) in [6.07, 6.45) is 4.69. The molecule has 0 bridgehead atoms. The molecule has 0 heterocycles. The van der Waals surface area contributed by atoms with Gasteiger partial charge in [0.05, 0.1) is 6.07 Å². The van der Waals surface area contributed by atoms with Crippen molar-refractivity contribution in [1.29, 1.82) is 5.26 Å². The Morgan fingerprint density at radius 3 is 2.80 bits per heavy atom. The molecular formula is C10H17N5. The van der Waals surface area contributed by atoms with E-state index in [-0.39, 0.29) is 0 Å². The van der Waals surface area contributed by atoms with Gasteiger partial charge < -0.3 is 0 Å². The first-order valence-electron chi connectivity index (χ1n) is 5.40. The Hall–Kier alpha value is -1.24. The molecule has 1 rings (SSSR count). The topological polar surface area (TPSA) is 84.6 Å². The molecular weight excluding hydrogens is 190 g/mol. The smallest absolute Gasteiger partial charge is 0.106 e. The van der Waals surface area contributed by atoms with Crippen LogP contribution in [-0.2, 0) is 0 Å². The second kappa shape index (κ2) is 5.59. The molecule has 1 unspecified atom stereocenters. The van der Waals surface area contributed by atoms with E-state index in [2.05, 4.69) is 21.4 Å². The number of nitrogens with one attached hydrogen (secondary N) is 1. The quantitative estimate of drug-likeness (QED) is 0.325. The summed E-state index contributed by atoms with van der Waals surface area (Å²) in [5.41, 5.74) is 7.67. The van der Waals surface area contributed by atoms with E-state index in [0.29, 0.717) is 19.0 Å². The lowest BCUT2D eigenvalue weighted by molar-refractivity contribution is 0.305. The van der Waals surface area contributed by atoms with Crippen LogP contribution in [0.25, 0.3) is 10.4 Å². The normalized spacial score (nSPS) is 20.3. The van der Waals surface area contributed by atoms with Gasteiger partial charge in [0.15, 0.2) is 0 Å². The Kier molecular flexibility index (Phi) is 4.41. The lowest BCUT2D eigenvalue weighted by Crippen LogP contribution is -2.47. The maximum absolute atomic E-state index is 9.19. The van der Waals surface area contributed by atoms with Gasteiger partial charge in [-0.1, -0.05) is 18.0 Å². The van der Waals surface area contributed by atoms with Crippen molar-refractivity contribution in [2.75, 3.05) is 13.1 Å². The van der Waals surface area contributed by atoms with Crippen molar-refractivity contribution in [2.24, 2.45) is 11.0 Å². The van der Waals surface area contributed by atoms with Crippen LogP contribution in [-0.4, -0.2) is 18.6 Å². The highest BCUT2D eigenvalue weighted by molar-refractivity contribution is 5.08. The molecule has 5 nitrogen and oxygen atoms in total. The summed E-state index contributed by atoms with van der Waals surface area (Å²) in [6, 6.07) is 2.35. The molecule has 15 heavy (non-hydrogen) atoms. The van der Waals surface area contributed by atoms with E-state index >= 15 is 0 Å². The van der Waals surface area contributed by atoms with Crippen LogP contribution in [0.4, 0.5) is 0 Å². The highest BCUT2D eigenvalue weighted by Crippen LogP contribution is 2.33. The monoisotopic (exact) mass is 207 g/mol. The first kappa shape index (κ1) is 11.8. The summed E-state index contributed by atoms with van der Waals surface area (Å²) in [6.45, 7) is 2.92. The van der Waals surface area contributed by atoms with Gasteiger partial charge in [0.1, 0.15) is 5.54 Å². The van der Waals surface area contributed by atoms with Crippen molar-refractivity contribution in [2.45, 2.75) is 38.1 Å². The molecule has 0 saturated heterocycles. The zero-order valence-electron chi connectivity index (χ0n) is 9.11. The predicted octanol–water partition coefficient (Wildman–Crippen LogP) is 2.36. The van der Waals surface area contributed by atoms with Crippen molar-refractivity contribution >= 4 is 0 Å².